The minimum atomic E-state index is -0.975. The van der Waals surface area contributed by atoms with Crippen LogP contribution in [0.1, 0.15) is 69.4 Å². The first kappa shape index (κ1) is 23.0. The number of benzene rings is 1. The first-order valence-corrected chi connectivity index (χ1v) is 9.91. The molecule has 0 radical (unpaired) electrons. The quantitative estimate of drug-likeness (QED) is 0.257. The second-order valence-electron chi connectivity index (χ2n) is 8.49. The normalized spacial score (nSPS) is 21.2. The third kappa shape index (κ3) is 4.82. The molecule has 29 heavy (non-hydrogen) atoms. The maximum absolute atomic E-state index is 12.4. The Morgan fingerprint density at radius 3 is 2.45 bits per heavy atom. The average Bonchev–Trinajstić information content (AvgIpc) is 2.60. The van der Waals surface area contributed by atoms with Crippen LogP contribution >= 0.6 is 0 Å². The zero-order valence-corrected chi connectivity index (χ0v) is 18.1. The lowest BCUT2D eigenvalue weighted by Crippen LogP contribution is -2.50. The Bertz CT molecular complexity index is 833. The molecule has 160 valence electrons. The van der Waals surface area contributed by atoms with E-state index in [1.54, 1.807) is 6.92 Å². The first-order valence-electron chi connectivity index (χ1n) is 9.91. The van der Waals surface area contributed by atoms with Gasteiger partial charge in [0.15, 0.2) is 5.78 Å². The molecule has 3 N–H and O–H groups in total. The second-order valence-corrected chi connectivity index (χ2v) is 8.49. The van der Waals surface area contributed by atoms with E-state index in [-0.39, 0.29) is 47.0 Å². The van der Waals surface area contributed by atoms with Crippen molar-refractivity contribution in [1.82, 2.24) is 0 Å². The molecule has 0 saturated carbocycles. The summed E-state index contributed by atoms with van der Waals surface area (Å²) in [4.78, 5) is 17.1. The van der Waals surface area contributed by atoms with E-state index in [0.717, 1.165) is 5.57 Å². The summed E-state index contributed by atoms with van der Waals surface area (Å²) < 4.78 is 6.15. The lowest BCUT2D eigenvalue weighted by atomic mass is 9.83. The van der Waals surface area contributed by atoms with Crippen LogP contribution in [-0.2, 0) is 17.7 Å². The summed E-state index contributed by atoms with van der Waals surface area (Å²) in [5.74, 6) is -0.263. The summed E-state index contributed by atoms with van der Waals surface area (Å²) in [6.45, 7) is 11.0. The van der Waals surface area contributed by atoms with Gasteiger partial charge in [0.1, 0.15) is 34.5 Å². The number of fused-ring (bicyclic) bond motifs is 1. The average molecular weight is 405 g/mol. The Kier molecular flexibility index (Phi) is 7.14. The number of ketones is 1. The molecule has 0 fully saturated rings. The van der Waals surface area contributed by atoms with Crippen LogP contribution in [-0.4, -0.2) is 33.0 Å². The van der Waals surface area contributed by atoms with Crippen molar-refractivity contribution in [2.75, 3.05) is 0 Å². The molecule has 2 atom stereocenters. The molecule has 1 aromatic carbocycles. The van der Waals surface area contributed by atoms with E-state index >= 15 is 0 Å². The predicted molar refractivity (Wildman–Crippen MR) is 112 cm³/mol. The highest BCUT2D eigenvalue weighted by molar-refractivity contribution is 6.01. The second kappa shape index (κ2) is 9.01. The molecule has 6 heteroatoms. The molecule has 0 saturated heterocycles. The van der Waals surface area contributed by atoms with Crippen molar-refractivity contribution in [3.63, 3.8) is 0 Å². The van der Waals surface area contributed by atoms with Crippen molar-refractivity contribution in [3.05, 3.63) is 40.5 Å². The highest BCUT2D eigenvalue weighted by Gasteiger charge is 2.45. The van der Waals surface area contributed by atoms with Gasteiger partial charge in [-0.15, -0.1) is 0 Å². The van der Waals surface area contributed by atoms with Crippen molar-refractivity contribution >= 4 is 5.78 Å². The number of ether oxygens (including phenoxy) is 1. The molecule has 0 aromatic heterocycles. The molecule has 0 bridgehead atoms. The number of Topliss-reactive ketones (excluding diaryl/α,β-unsaturated/α-hetero) is 1. The summed E-state index contributed by atoms with van der Waals surface area (Å²) in [5, 5.41) is 31.1. The van der Waals surface area contributed by atoms with Crippen LogP contribution in [0.4, 0.5) is 0 Å². The van der Waals surface area contributed by atoms with Crippen LogP contribution in [0, 0.1) is 5.92 Å². The summed E-state index contributed by atoms with van der Waals surface area (Å²) >= 11 is 0. The summed E-state index contributed by atoms with van der Waals surface area (Å²) in [6.07, 6.45) is 5.90. The molecule has 1 heterocycles. The fourth-order valence-electron chi connectivity index (χ4n) is 3.54. The van der Waals surface area contributed by atoms with Crippen molar-refractivity contribution in [2.45, 2.75) is 72.5 Å². The molecule has 0 amide bonds. The van der Waals surface area contributed by atoms with E-state index in [1.165, 1.54) is 6.92 Å². The van der Waals surface area contributed by atoms with E-state index in [2.05, 4.69) is 0 Å². The Morgan fingerprint density at radius 2 is 1.93 bits per heavy atom. The number of carbonyl (C=O) groups is 1. The lowest BCUT2D eigenvalue weighted by Gasteiger charge is -2.41. The molecule has 0 unspecified atom stereocenters. The van der Waals surface area contributed by atoms with Gasteiger partial charge in [-0.3, -0.25) is 10.1 Å². The Hall–Kier alpha value is -2.31. The Labute approximate surface area is 172 Å². The van der Waals surface area contributed by atoms with Crippen LogP contribution in [0.5, 0.6) is 17.2 Å². The van der Waals surface area contributed by atoms with Gasteiger partial charge in [-0.25, -0.2) is 4.89 Å². The smallest absolute Gasteiger partial charge is 0.167 e. The third-order valence-corrected chi connectivity index (χ3v) is 5.24. The van der Waals surface area contributed by atoms with Crippen LogP contribution in [0.2, 0.25) is 0 Å². The van der Waals surface area contributed by atoms with Crippen LogP contribution in [0.15, 0.2) is 23.8 Å². The molecular formula is C23H32O6. The van der Waals surface area contributed by atoms with Crippen molar-refractivity contribution in [1.29, 1.82) is 0 Å². The van der Waals surface area contributed by atoms with Gasteiger partial charge in [-0.05, 0) is 40.0 Å². The molecule has 0 aliphatic carbocycles. The number of hydrogen-bond acceptors (Lipinski definition) is 6. The number of carbonyl (C=O) groups excluding carboxylic acids is 1. The molecule has 0 spiro atoms. The Balaban J connectivity index is 2.62. The van der Waals surface area contributed by atoms with Crippen LogP contribution in [0.3, 0.4) is 0 Å². The SMILES string of the molecule is CC(=O)c1c(O)c(CC=C(C)C)c(O)c2c1O[C@](C)(C/C=C/C(C)C)[C@H](OO)C2. The fraction of sp³-hybridized carbons (Fsp3) is 0.522. The van der Waals surface area contributed by atoms with E-state index in [9.17, 15) is 20.3 Å². The van der Waals surface area contributed by atoms with E-state index in [0.29, 0.717) is 17.9 Å². The molecule has 1 aromatic rings. The maximum Gasteiger partial charge on any atom is 0.167 e. The molecule has 1 aliphatic heterocycles. The van der Waals surface area contributed by atoms with Gasteiger partial charge in [0, 0.05) is 24.0 Å². The van der Waals surface area contributed by atoms with Crippen LogP contribution in [0.25, 0.3) is 0 Å². The number of aromatic hydroxyl groups is 2. The Morgan fingerprint density at radius 1 is 1.28 bits per heavy atom. The summed E-state index contributed by atoms with van der Waals surface area (Å²) in [5.41, 5.74) is 0.708. The lowest BCUT2D eigenvalue weighted by molar-refractivity contribution is -0.311. The van der Waals surface area contributed by atoms with E-state index < -0.39 is 11.7 Å². The number of phenolic OH excluding ortho intramolecular Hbond substituents is 2. The summed E-state index contributed by atoms with van der Waals surface area (Å²) in [6, 6.07) is 0. The molecule has 1 aliphatic rings. The van der Waals surface area contributed by atoms with Gasteiger partial charge in [-0.2, -0.15) is 0 Å². The predicted octanol–water partition coefficient (Wildman–Crippen LogP) is 4.96. The van der Waals surface area contributed by atoms with Gasteiger partial charge in [-0.1, -0.05) is 37.6 Å². The number of hydrogen-bond donors (Lipinski definition) is 3. The third-order valence-electron chi connectivity index (χ3n) is 5.24. The van der Waals surface area contributed by atoms with Crippen molar-refractivity contribution in [3.8, 4) is 17.2 Å². The van der Waals surface area contributed by atoms with Gasteiger partial charge in [0.2, 0.25) is 0 Å². The zero-order chi connectivity index (χ0) is 21.9. The minimum absolute atomic E-state index is 0.0467. The molecule has 2 rings (SSSR count). The molecule has 6 nitrogen and oxygen atoms in total. The highest BCUT2D eigenvalue weighted by Crippen LogP contribution is 2.49. The maximum atomic E-state index is 12.4. The fourth-order valence-corrected chi connectivity index (χ4v) is 3.54. The van der Waals surface area contributed by atoms with E-state index in [1.807, 2.05) is 45.9 Å². The van der Waals surface area contributed by atoms with Crippen molar-refractivity contribution < 1.29 is 29.9 Å². The monoisotopic (exact) mass is 404 g/mol. The zero-order valence-electron chi connectivity index (χ0n) is 18.1. The van der Waals surface area contributed by atoms with Gasteiger partial charge < -0.3 is 14.9 Å². The molecular weight excluding hydrogens is 372 g/mol. The number of rotatable bonds is 7. The van der Waals surface area contributed by atoms with Gasteiger partial charge in [0.05, 0.1) is 0 Å². The highest BCUT2D eigenvalue weighted by atomic mass is 17.1. The van der Waals surface area contributed by atoms with Gasteiger partial charge in [0.25, 0.3) is 0 Å². The standard InChI is InChI=1S/C23H32O6/c1-13(2)8-7-11-23(6)18(29-27)12-17-20(25)16(10-9-14(3)4)21(26)19(15(5)24)22(17)28-23/h7-9,13,18,25-27H,10-12H2,1-6H3/b8-7+/t18-,23-/m1/s1. The number of phenols is 2. The summed E-state index contributed by atoms with van der Waals surface area (Å²) in [7, 11) is 0. The van der Waals surface area contributed by atoms with E-state index in [4.69, 9.17) is 9.62 Å². The van der Waals surface area contributed by atoms with Crippen molar-refractivity contribution in [2.24, 2.45) is 5.92 Å². The van der Waals surface area contributed by atoms with Crippen LogP contribution < -0.4 is 4.74 Å². The van der Waals surface area contributed by atoms with Gasteiger partial charge >= 0.3 is 0 Å². The topological polar surface area (TPSA) is 96.2 Å². The largest absolute Gasteiger partial charge is 0.507 e. The first-order chi connectivity index (χ1) is 13.5. The minimum Gasteiger partial charge on any atom is -0.507 e. The number of allylic oxidation sites excluding steroid dienone is 3.